The highest BCUT2D eigenvalue weighted by molar-refractivity contribution is 5.70. The zero-order valence-electron chi connectivity index (χ0n) is 9.34. The zero-order valence-corrected chi connectivity index (χ0v) is 9.34. The van der Waals surface area contributed by atoms with Crippen LogP contribution in [-0.4, -0.2) is 25.2 Å². The van der Waals surface area contributed by atoms with Crippen molar-refractivity contribution in [3.63, 3.8) is 0 Å². The highest BCUT2D eigenvalue weighted by atomic mass is 16.5. The predicted octanol–water partition coefficient (Wildman–Crippen LogP) is 1.86. The van der Waals surface area contributed by atoms with Crippen LogP contribution in [0.1, 0.15) is 44.9 Å². The summed E-state index contributed by atoms with van der Waals surface area (Å²) in [6.07, 6.45) is 7.82. The molecular formula is C12H21NO2. The molecule has 3 heteroatoms. The van der Waals surface area contributed by atoms with Crippen molar-refractivity contribution in [2.24, 2.45) is 5.92 Å². The third-order valence-electron chi connectivity index (χ3n) is 3.45. The molecule has 2 rings (SSSR count). The minimum Gasteiger partial charge on any atom is -0.462 e. The van der Waals surface area contributed by atoms with Gasteiger partial charge in [-0.3, -0.25) is 4.79 Å². The van der Waals surface area contributed by atoms with E-state index in [0.717, 1.165) is 25.9 Å². The third-order valence-corrected chi connectivity index (χ3v) is 3.45. The van der Waals surface area contributed by atoms with Gasteiger partial charge in [-0.2, -0.15) is 0 Å². The van der Waals surface area contributed by atoms with Gasteiger partial charge in [0.2, 0.25) is 0 Å². The largest absolute Gasteiger partial charge is 0.462 e. The lowest BCUT2D eigenvalue weighted by atomic mass is 9.96. The second-order valence-electron chi connectivity index (χ2n) is 4.81. The minimum absolute atomic E-state index is 0.0237. The Labute approximate surface area is 91.6 Å². The molecule has 1 aliphatic heterocycles. The molecule has 0 amide bonds. The van der Waals surface area contributed by atoms with Gasteiger partial charge in [-0.25, -0.2) is 0 Å². The van der Waals surface area contributed by atoms with Crippen LogP contribution in [0.25, 0.3) is 0 Å². The summed E-state index contributed by atoms with van der Waals surface area (Å²) in [7, 11) is 0. The van der Waals surface area contributed by atoms with Crippen LogP contribution in [0.5, 0.6) is 0 Å². The molecule has 1 saturated heterocycles. The number of piperidine rings is 1. The number of nitrogens with one attached hydrogen (secondary N) is 1. The monoisotopic (exact) mass is 211 g/mol. The SMILES string of the molecule is O=C(CC1CCCNC1)OC1CCCC1. The third kappa shape index (κ3) is 3.49. The molecule has 0 aromatic heterocycles. The van der Waals surface area contributed by atoms with Gasteiger partial charge in [0.05, 0.1) is 0 Å². The maximum atomic E-state index is 11.6. The first kappa shape index (κ1) is 10.9. The van der Waals surface area contributed by atoms with E-state index >= 15 is 0 Å². The van der Waals surface area contributed by atoms with Gasteiger partial charge < -0.3 is 10.1 Å². The van der Waals surface area contributed by atoms with Crippen molar-refractivity contribution in [3.8, 4) is 0 Å². The fraction of sp³-hybridized carbons (Fsp3) is 0.917. The van der Waals surface area contributed by atoms with Gasteiger partial charge in [-0.1, -0.05) is 0 Å². The van der Waals surface area contributed by atoms with Crippen molar-refractivity contribution >= 4 is 5.97 Å². The quantitative estimate of drug-likeness (QED) is 0.724. The molecule has 1 unspecified atom stereocenters. The van der Waals surface area contributed by atoms with E-state index < -0.39 is 0 Å². The second-order valence-corrected chi connectivity index (χ2v) is 4.81. The number of carbonyl (C=O) groups excluding carboxylic acids is 1. The van der Waals surface area contributed by atoms with E-state index in [9.17, 15) is 4.79 Å². The van der Waals surface area contributed by atoms with E-state index in [0.29, 0.717) is 12.3 Å². The van der Waals surface area contributed by atoms with Gasteiger partial charge in [0.15, 0.2) is 0 Å². The summed E-state index contributed by atoms with van der Waals surface area (Å²) < 4.78 is 5.45. The summed E-state index contributed by atoms with van der Waals surface area (Å²) in [5.74, 6) is 0.531. The maximum Gasteiger partial charge on any atom is 0.306 e. The Morgan fingerprint density at radius 2 is 2.00 bits per heavy atom. The van der Waals surface area contributed by atoms with Crippen molar-refractivity contribution in [2.45, 2.75) is 51.0 Å². The number of carbonyl (C=O) groups is 1. The fourth-order valence-corrected chi connectivity index (χ4v) is 2.57. The average Bonchev–Trinajstić information content (AvgIpc) is 2.71. The van der Waals surface area contributed by atoms with Crippen molar-refractivity contribution < 1.29 is 9.53 Å². The van der Waals surface area contributed by atoms with Crippen LogP contribution >= 0.6 is 0 Å². The first-order chi connectivity index (χ1) is 7.34. The Morgan fingerprint density at radius 3 is 2.67 bits per heavy atom. The summed E-state index contributed by atoms with van der Waals surface area (Å²) >= 11 is 0. The lowest BCUT2D eigenvalue weighted by Gasteiger charge is -2.22. The van der Waals surface area contributed by atoms with Gasteiger partial charge in [0, 0.05) is 6.42 Å². The predicted molar refractivity (Wildman–Crippen MR) is 58.6 cm³/mol. The lowest BCUT2D eigenvalue weighted by Crippen LogP contribution is -2.31. The Bertz CT molecular complexity index is 206. The van der Waals surface area contributed by atoms with E-state index in [1.54, 1.807) is 0 Å². The van der Waals surface area contributed by atoms with Crippen molar-refractivity contribution in [1.29, 1.82) is 0 Å². The van der Waals surface area contributed by atoms with Crippen LogP contribution in [0.2, 0.25) is 0 Å². The molecule has 0 radical (unpaired) electrons. The van der Waals surface area contributed by atoms with Crippen LogP contribution in [-0.2, 0) is 9.53 Å². The Balaban J connectivity index is 1.66. The molecular weight excluding hydrogens is 190 g/mol. The Morgan fingerprint density at radius 1 is 1.20 bits per heavy atom. The van der Waals surface area contributed by atoms with Gasteiger partial charge in [-0.15, -0.1) is 0 Å². The minimum atomic E-state index is 0.0237. The summed E-state index contributed by atoms with van der Waals surface area (Å²) in [6, 6.07) is 0. The lowest BCUT2D eigenvalue weighted by molar-refractivity contribution is -0.150. The molecule has 2 aliphatic rings. The van der Waals surface area contributed by atoms with Crippen LogP contribution in [0, 0.1) is 5.92 Å². The average molecular weight is 211 g/mol. The molecule has 3 nitrogen and oxygen atoms in total. The Hall–Kier alpha value is -0.570. The van der Waals surface area contributed by atoms with Gasteiger partial charge in [-0.05, 0) is 57.5 Å². The number of hydrogen-bond donors (Lipinski definition) is 1. The smallest absolute Gasteiger partial charge is 0.306 e. The molecule has 1 saturated carbocycles. The molecule has 0 aromatic rings. The summed E-state index contributed by atoms with van der Waals surface area (Å²) in [4.78, 5) is 11.6. The first-order valence-electron chi connectivity index (χ1n) is 6.25. The van der Waals surface area contributed by atoms with Crippen molar-refractivity contribution in [3.05, 3.63) is 0 Å². The van der Waals surface area contributed by atoms with E-state index in [4.69, 9.17) is 4.74 Å². The Kier molecular flexibility index (Phi) is 4.01. The van der Waals surface area contributed by atoms with Crippen LogP contribution in [0.15, 0.2) is 0 Å². The first-order valence-corrected chi connectivity index (χ1v) is 6.25. The molecule has 0 spiro atoms. The normalized spacial score (nSPS) is 27.9. The van der Waals surface area contributed by atoms with E-state index in [2.05, 4.69) is 5.32 Å². The molecule has 2 fully saturated rings. The number of ether oxygens (including phenoxy) is 1. The highest BCUT2D eigenvalue weighted by Crippen LogP contribution is 2.22. The molecule has 0 bridgehead atoms. The maximum absolute atomic E-state index is 11.6. The van der Waals surface area contributed by atoms with Gasteiger partial charge in [0.1, 0.15) is 6.10 Å². The van der Waals surface area contributed by atoms with E-state index in [1.165, 1.54) is 25.7 Å². The summed E-state index contributed by atoms with van der Waals surface area (Å²) in [5, 5.41) is 3.33. The highest BCUT2D eigenvalue weighted by Gasteiger charge is 2.22. The van der Waals surface area contributed by atoms with Crippen molar-refractivity contribution in [2.75, 3.05) is 13.1 Å². The molecule has 1 N–H and O–H groups in total. The molecule has 1 heterocycles. The number of rotatable bonds is 3. The second kappa shape index (κ2) is 5.50. The fourth-order valence-electron chi connectivity index (χ4n) is 2.57. The van der Waals surface area contributed by atoms with Gasteiger partial charge in [0.25, 0.3) is 0 Å². The zero-order chi connectivity index (χ0) is 10.5. The molecule has 1 atom stereocenters. The molecule has 86 valence electrons. The van der Waals surface area contributed by atoms with Crippen molar-refractivity contribution in [1.82, 2.24) is 5.32 Å². The van der Waals surface area contributed by atoms with Crippen LogP contribution < -0.4 is 5.32 Å². The summed E-state index contributed by atoms with van der Waals surface area (Å²) in [6.45, 7) is 2.09. The van der Waals surface area contributed by atoms with E-state index in [-0.39, 0.29) is 12.1 Å². The van der Waals surface area contributed by atoms with E-state index in [1.807, 2.05) is 0 Å². The topological polar surface area (TPSA) is 38.3 Å². The van der Waals surface area contributed by atoms with Crippen LogP contribution in [0.3, 0.4) is 0 Å². The molecule has 0 aromatic carbocycles. The standard InChI is InChI=1S/C12H21NO2/c14-12(15-11-5-1-2-6-11)8-10-4-3-7-13-9-10/h10-11,13H,1-9H2. The van der Waals surface area contributed by atoms with Gasteiger partial charge >= 0.3 is 5.97 Å². The number of hydrogen-bond acceptors (Lipinski definition) is 3. The molecule has 1 aliphatic carbocycles. The summed E-state index contributed by atoms with van der Waals surface area (Å²) in [5.41, 5.74) is 0. The molecule has 15 heavy (non-hydrogen) atoms. The van der Waals surface area contributed by atoms with Crippen LogP contribution in [0.4, 0.5) is 0 Å². The number of esters is 1.